The normalized spacial score (nSPS) is 12.8. The average Bonchev–Trinajstić information content (AvgIpc) is 3.02. The fraction of sp³-hybridized carbons (Fsp3) is 0.625. The molecule has 1 unspecified atom stereocenters. The number of aromatic nitrogens is 3. The summed E-state index contributed by atoms with van der Waals surface area (Å²) >= 11 is 1.76. The minimum atomic E-state index is 0.426. The smallest absolute Gasteiger partial charge is 0.0943 e. The zero-order valence-corrected chi connectivity index (χ0v) is 14.3. The first-order chi connectivity index (χ1) is 10.1. The van der Waals surface area contributed by atoms with Gasteiger partial charge in [-0.1, -0.05) is 13.8 Å². The molecule has 116 valence electrons. The van der Waals surface area contributed by atoms with Crippen LogP contribution in [0.5, 0.6) is 0 Å². The lowest BCUT2D eigenvalue weighted by molar-refractivity contribution is 0.489. The van der Waals surface area contributed by atoms with Gasteiger partial charge in [-0.3, -0.25) is 4.68 Å². The molecule has 0 amide bonds. The molecular weight excluding hydrogens is 280 g/mol. The van der Waals surface area contributed by atoms with Crippen LogP contribution >= 0.6 is 11.3 Å². The molecule has 0 saturated heterocycles. The van der Waals surface area contributed by atoms with Crippen LogP contribution < -0.4 is 5.32 Å². The SMILES string of the molecule is CCCNC(Cc1nc(C)cs1)Cc1cc(CC)nn1C. The molecule has 2 heterocycles. The van der Waals surface area contributed by atoms with E-state index < -0.39 is 0 Å². The fourth-order valence-electron chi connectivity index (χ4n) is 2.46. The monoisotopic (exact) mass is 306 g/mol. The summed E-state index contributed by atoms with van der Waals surface area (Å²) in [5.41, 5.74) is 3.60. The second kappa shape index (κ2) is 7.71. The van der Waals surface area contributed by atoms with Crippen LogP contribution in [0.4, 0.5) is 0 Å². The third-order valence-electron chi connectivity index (χ3n) is 3.62. The maximum atomic E-state index is 4.60. The van der Waals surface area contributed by atoms with Crippen molar-refractivity contribution in [1.82, 2.24) is 20.1 Å². The molecule has 0 aliphatic rings. The van der Waals surface area contributed by atoms with Crippen LogP contribution in [0.1, 0.15) is 42.4 Å². The van der Waals surface area contributed by atoms with Crippen molar-refractivity contribution in [1.29, 1.82) is 0 Å². The van der Waals surface area contributed by atoms with Crippen molar-refractivity contribution in [2.75, 3.05) is 6.54 Å². The fourth-order valence-corrected chi connectivity index (χ4v) is 3.31. The van der Waals surface area contributed by atoms with E-state index in [-0.39, 0.29) is 0 Å². The number of nitrogens with one attached hydrogen (secondary N) is 1. The molecule has 5 heteroatoms. The predicted octanol–water partition coefficient (Wildman–Crippen LogP) is 2.90. The Labute approximate surface area is 131 Å². The summed E-state index contributed by atoms with van der Waals surface area (Å²) in [7, 11) is 2.04. The predicted molar refractivity (Wildman–Crippen MR) is 88.9 cm³/mol. The summed E-state index contributed by atoms with van der Waals surface area (Å²) in [5, 5.41) is 11.6. The number of thiazole rings is 1. The molecule has 2 aromatic heterocycles. The van der Waals surface area contributed by atoms with Crippen molar-refractivity contribution in [3.8, 4) is 0 Å². The van der Waals surface area contributed by atoms with Gasteiger partial charge in [0.1, 0.15) is 0 Å². The van der Waals surface area contributed by atoms with Gasteiger partial charge in [0.2, 0.25) is 0 Å². The molecule has 0 aliphatic carbocycles. The Morgan fingerprint density at radius 3 is 2.71 bits per heavy atom. The van der Waals surface area contributed by atoms with Gasteiger partial charge in [0.05, 0.1) is 10.7 Å². The molecule has 1 N–H and O–H groups in total. The molecule has 2 rings (SSSR count). The van der Waals surface area contributed by atoms with Crippen molar-refractivity contribution in [2.24, 2.45) is 7.05 Å². The first-order valence-electron chi connectivity index (χ1n) is 7.78. The summed E-state index contributed by atoms with van der Waals surface area (Å²) in [5.74, 6) is 0. The van der Waals surface area contributed by atoms with Crippen molar-refractivity contribution < 1.29 is 0 Å². The Balaban J connectivity index is 2.06. The molecule has 4 nitrogen and oxygen atoms in total. The van der Waals surface area contributed by atoms with Gasteiger partial charge >= 0.3 is 0 Å². The maximum absolute atomic E-state index is 4.60. The van der Waals surface area contributed by atoms with Gasteiger partial charge in [-0.15, -0.1) is 11.3 Å². The standard InChI is InChI=1S/C16H26N4S/c1-5-7-17-14(10-16-18-12(3)11-21-16)9-15-8-13(6-2)19-20(15)4/h8,11,14,17H,5-7,9-10H2,1-4H3. The van der Waals surface area contributed by atoms with E-state index in [9.17, 15) is 0 Å². The summed E-state index contributed by atoms with van der Waals surface area (Å²) in [6.45, 7) is 7.46. The third-order valence-corrected chi connectivity index (χ3v) is 4.60. The first-order valence-corrected chi connectivity index (χ1v) is 8.66. The highest BCUT2D eigenvalue weighted by atomic mass is 32.1. The van der Waals surface area contributed by atoms with Gasteiger partial charge in [0.25, 0.3) is 0 Å². The van der Waals surface area contributed by atoms with Crippen LogP contribution in [0.3, 0.4) is 0 Å². The molecule has 0 fully saturated rings. The van der Waals surface area contributed by atoms with E-state index in [1.54, 1.807) is 11.3 Å². The molecule has 2 aromatic rings. The molecule has 21 heavy (non-hydrogen) atoms. The van der Waals surface area contributed by atoms with E-state index in [0.29, 0.717) is 6.04 Å². The quantitative estimate of drug-likeness (QED) is 0.815. The summed E-state index contributed by atoms with van der Waals surface area (Å²) in [4.78, 5) is 4.60. The van der Waals surface area contributed by atoms with Gasteiger partial charge in [-0.2, -0.15) is 5.10 Å². The maximum Gasteiger partial charge on any atom is 0.0943 e. The highest BCUT2D eigenvalue weighted by molar-refractivity contribution is 7.09. The Morgan fingerprint density at radius 1 is 1.33 bits per heavy atom. The second-order valence-electron chi connectivity index (χ2n) is 5.55. The Morgan fingerprint density at radius 2 is 2.14 bits per heavy atom. The van der Waals surface area contributed by atoms with Crippen LogP contribution in [0.25, 0.3) is 0 Å². The van der Waals surface area contributed by atoms with Crippen LogP contribution in [0, 0.1) is 6.92 Å². The van der Waals surface area contributed by atoms with E-state index in [2.05, 4.69) is 47.6 Å². The number of nitrogens with zero attached hydrogens (tertiary/aromatic N) is 3. The van der Waals surface area contributed by atoms with Crippen LogP contribution in [0.2, 0.25) is 0 Å². The lowest BCUT2D eigenvalue weighted by atomic mass is 10.1. The van der Waals surface area contributed by atoms with E-state index >= 15 is 0 Å². The van der Waals surface area contributed by atoms with E-state index in [4.69, 9.17) is 0 Å². The number of hydrogen-bond donors (Lipinski definition) is 1. The van der Waals surface area contributed by atoms with Crippen LogP contribution in [-0.4, -0.2) is 27.4 Å². The second-order valence-corrected chi connectivity index (χ2v) is 6.49. The van der Waals surface area contributed by atoms with Crippen molar-refractivity contribution >= 4 is 11.3 Å². The summed E-state index contributed by atoms with van der Waals surface area (Å²) in [6.07, 6.45) is 4.14. The first kappa shape index (κ1) is 16.2. The van der Waals surface area contributed by atoms with E-state index in [0.717, 1.165) is 37.9 Å². The number of rotatable bonds is 8. The van der Waals surface area contributed by atoms with Crippen LogP contribution in [0.15, 0.2) is 11.4 Å². The van der Waals surface area contributed by atoms with Crippen LogP contribution in [-0.2, 0) is 26.3 Å². The van der Waals surface area contributed by atoms with Gasteiger partial charge in [0.15, 0.2) is 0 Å². The lowest BCUT2D eigenvalue weighted by Gasteiger charge is -2.17. The van der Waals surface area contributed by atoms with Crippen molar-refractivity contribution in [2.45, 2.75) is 52.5 Å². The summed E-state index contributed by atoms with van der Waals surface area (Å²) in [6, 6.07) is 2.66. The third kappa shape index (κ3) is 4.64. The highest BCUT2D eigenvalue weighted by Crippen LogP contribution is 2.14. The lowest BCUT2D eigenvalue weighted by Crippen LogP contribution is -2.34. The van der Waals surface area contributed by atoms with E-state index in [1.807, 2.05) is 11.7 Å². The Kier molecular flexibility index (Phi) is 5.94. The molecule has 1 atom stereocenters. The molecule has 0 aliphatic heterocycles. The average molecular weight is 306 g/mol. The minimum absolute atomic E-state index is 0.426. The van der Waals surface area contributed by atoms with Crippen molar-refractivity contribution in [3.63, 3.8) is 0 Å². The summed E-state index contributed by atoms with van der Waals surface area (Å²) < 4.78 is 2.02. The van der Waals surface area contributed by atoms with Gasteiger partial charge in [-0.25, -0.2) is 4.98 Å². The minimum Gasteiger partial charge on any atom is -0.313 e. The molecule has 0 saturated carbocycles. The highest BCUT2D eigenvalue weighted by Gasteiger charge is 2.15. The number of aryl methyl sites for hydroxylation is 3. The zero-order chi connectivity index (χ0) is 15.2. The topological polar surface area (TPSA) is 42.7 Å². The molecular formula is C16H26N4S. The van der Waals surface area contributed by atoms with Gasteiger partial charge in [-0.05, 0) is 32.4 Å². The largest absolute Gasteiger partial charge is 0.313 e. The van der Waals surface area contributed by atoms with E-state index in [1.165, 1.54) is 16.4 Å². The Bertz CT molecular complexity index is 558. The Hall–Kier alpha value is -1.20. The van der Waals surface area contributed by atoms with Crippen molar-refractivity contribution in [3.05, 3.63) is 33.5 Å². The molecule has 0 aromatic carbocycles. The van der Waals surface area contributed by atoms with Gasteiger partial charge in [0, 0.05) is 42.7 Å². The molecule has 0 spiro atoms. The molecule has 0 bridgehead atoms. The zero-order valence-electron chi connectivity index (χ0n) is 13.5. The van der Waals surface area contributed by atoms with Gasteiger partial charge < -0.3 is 5.32 Å². The molecule has 0 radical (unpaired) electrons. The number of hydrogen-bond acceptors (Lipinski definition) is 4.